The van der Waals surface area contributed by atoms with Gasteiger partial charge in [0, 0.05) is 39.3 Å². The highest BCUT2D eigenvalue weighted by Crippen LogP contribution is 2.25. The molecule has 164 valence electrons. The van der Waals surface area contributed by atoms with Crippen molar-refractivity contribution in [2.45, 2.75) is 43.2 Å². The molecule has 0 bridgehead atoms. The third-order valence-electron chi connectivity index (χ3n) is 5.63. The highest BCUT2D eigenvalue weighted by molar-refractivity contribution is 7.89. The molecule has 1 saturated heterocycles. The molecule has 2 fully saturated rings. The fraction of sp³-hybridized carbons (Fsp3) is 0.706. The minimum absolute atomic E-state index is 0.0316. The van der Waals surface area contributed by atoms with Crippen LogP contribution in [-0.4, -0.2) is 82.6 Å². The van der Waals surface area contributed by atoms with Crippen molar-refractivity contribution in [1.29, 1.82) is 0 Å². The van der Waals surface area contributed by atoms with E-state index < -0.39 is 26.1 Å². The van der Waals surface area contributed by atoms with E-state index in [1.165, 1.54) is 32.7 Å². The first kappa shape index (κ1) is 22.2. The first-order chi connectivity index (χ1) is 13.7. The maximum absolute atomic E-state index is 12.9. The number of carbonyl (C=O) groups excluding carboxylic acids is 1. The number of hydrogen-bond acceptors (Lipinski definition) is 6. The second kappa shape index (κ2) is 8.72. The molecule has 0 atom stereocenters. The Morgan fingerprint density at radius 2 is 1.69 bits per heavy atom. The molecular formula is C17H28N4O6S2. The molecule has 1 aromatic rings. The molecule has 1 N–H and O–H groups in total. The lowest BCUT2D eigenvalue weighted by atomic mass is 9.96. The largest absolute Gasteiger partial charge is 0.438 e. The third-order valence-corrected chi connectivity index (χ3v) is 8.96. The van der Waals surface area contributed by atoms with Crippen molar-refractivity contribution in [3.63, 3.8) is 0 Å². The molecular weight excluding hydrogens is 420 g/mol. The smallest absolute Gasteiger partial charge is 0.289 e. The highest BCUT2D eigenvalue weighted by Gasteiger charge is 2.36. The van der Waals surface area contributed by atoms with E-state index in [1.54, 1.807) is 7.05 Å². The lowest BCUT2D eigenvalue weighted by molar-refractivity contribution is 0.0655. The third kappa shape index (κ3) is 4.66. The van der Waals surface area contributed by atoms with Gasteiger partial charge in [0.2, 0.25) is 5.09 Å². The van der Waals surface area contributed by atoms with Gasteiger partial charge in [-0.15, -0.1) is 0 Å². The van der Waals surface area contributed by atoms with Crippen LogP contribution in [0.5, 0.6) is 0 Å². The zero-order valence-electron chi connectivity index (χ0n) is 16.7. The van der Waals surface area contributed by atoms with Crippen LogP contribution < -0.4 is 4.72 Å². The topological polar surface area (TPSA) is 120 Å². The predicted molar refractivity (Wildman–Crippen MR) is 106 cm³/mol. The van der Waals surface area contributed by atoms with Crippen LogP contribution in [-0.2, 0) is 20.2 Å². The quantitative estimate of drug-likeness (QED) is 0.675. The van der Waals surface area contributed by atoms with Crippen molar-refractivity contribution in [3.8, 4) is 0 Å². The Labute approximate surface area is 172 Å². The zero-order valence-corrected chi connectivity index (χ0v) is 18.3. The summed E-state index contributed by atoms with van der Waals surface area (Å²) in [5.41, 5.74) is 0. The average molecular weight is 449 g/mol. The molecule has 1 amide bonds. The number of sulfonamides is 1. The molecule has 1 aliphatic carbocycles. The van der Waals surface area contributed by atoms with E-state index in [-0.39, 0.29) is 43.1 Å². The van der Waals surface area contributed by atoms with Gasteiger partial charge in [-0.1, -0.05) is 19.3 Å². The summed E-state index contributed by atoms with van der Waals surface area (Å²) in [6, 6.07) is 2.56. The fourth-order valence-corrected chi connectivity index (χ4v) is 6.00. The Bertz CT molecular complexity index is 929. The summed E-state index contributed by atoms with van der Waals surface area (Å²) < 4.78 is 59.6. The Morgan fingerprint density at radius 1 is 1.07 bits per heavy atom. The second-order valence-corrected chi connectivity index (χ2v) is 11.1. The average Bonchev–Trinajstić information content (AvgIpc) is 3.24. The van der Waals surface area contributed by atoms with Gasteiger partial charge in [0.15, 0.2) is 5.76 Å². The van der Waals surface area contributed by atoms with Crippen LogP contribution in [0, 0.1) is 0 Å². The number of carbonyl (C=O) groups is 1. The van der Waals surface area contributed by atoms with Crippen molar-refractivity contribution < 1.29 is 26.0 Å². The maximum Gasteiger partial charge on any atom is 0.289 e. The normalized spacial score (nSPS) is 20.3. The summed E-state index contributed by atoms with van der Waals surface area (Å²) >= 11 is 0. The summed E-state index contributed by atoms with van der Waals surface area (Å²) in [6.07, 6.45) is 4.99. The number of nitrogens with one attached hydrogen (secondary N) is 1. The predicted octanol–water partition coefficient (Wildman–Crippen LogP) is 0.455. The Kier molecular flexibility index (Phi) is 6.68. The molecule has 1 saturated carbocycles. The Hall–Kier alpha value is -1.47. The summed E-state index contributed by atoms with van der Waals surface area (Å²) in [5.74, 6) is -0.547. The van der Waals surface area contributed by atoms with Gasteiger partial charge in [-0.3, -0.25) is 4.79 Å². The van der Waals surface area contributed by atoms with Gasteiger partial charge in [-0.2, -0.15) is 17.0 Å². The van der Waals surface area contributed by atoms with E-state index in [1.807, 2.05) is 0 Å². The van der Waals surface area contributed by atoms with Crippen molar-refractivity contribution in [1.82, 2.24) is 18.2 Å². The van der Waals surface area contributed by atoms with E-state index >= 15 is 0 Å². The molecule has 2 heterocycles. The van der Waals surface area contributed by atoms with Gasteiger partial charge < -0.3 is 9.32 Å². The molecule has 1 aromatic heterocycles. The van der Waals surface area contributed by atoms with Crippen molar-refractivity contribution in [3.05, 3.63) is 17.9 Å². The van der Waals surface area contributed by atoms with Crippen LogP contribution in [0.3, 0.4) is 0 Å². The Morgan fingerprint density at radius 3 is 2.28 bits per heavy atom. The molecule has 1 aliphatic heterocycles. The summed E-state index contributed by atoms with van der Waals surface area (Å²) in [4.78, 5) is 14.1. The van der Waals surface area contributed by atoms with Gasteiger partial charge in [0.1, 0.15) is 0 Å². The number of nitrogens with zero attached hydrogens (tertiary/aromatic N) is 3. The molecule has 0 unspecified atom stereocenters. The molecule has 0 spiro atoms. The van der Waals surface area contributed by atoms with E-state index in [2.05, 4.69) is 4.72 Å². The van der Waals surface area contributed by atoms with Crippen LogP contribution in [0.25, 0.3) is 0 Å². The lowest BCUT2D eigenvalue weighted by Crippen LogP contribution is -2.55. The van der Waals surface area contributed by atoms with E-state index in [4.69, 9.17) is 4.42 Å². The minimum atomic E-state index is -3.77. The van der Waals surface area contributed by atoms with Crippen molar-refractivity contribution >= 4 is 26.1 Å². The van der Waals surface area contributed by atoms with Crippen LogP contribution in [0.2, 0.25) is 0 Å². The van der Waals surface area contributed by atoms with Crippen LogP contribution >= 0.6 is 0 Å². The molecule has 3 rings (SSSR count). The summed E-state index contributed by atoms with van der Waals surface area (Å²) in [5, 5.41) is -0.335. The Balaban J connectivity index is 1.62. The first-order valence-corrected chi connectivity index (χ1v) is 12.6. The SMILES string of the molecule is CNS(=O)(=O)c1ccc(C(=O)N2CCN(S(=O)(=O)N(C)C3CCCCC3)CC2)o1. The number of piperazine rings is 1. The lowest BCUT2D eigenvalue weighted by Gasteiger charge is -2.38. The first-order valence-electron chi connectivity index (χ1n) is 9.72. The molecule has 0 aromatic carbocycles. The minimum Gasteiger partial charge on any atom is -0.438 e. The van der Waals surface area contributed by atoms with Crippen molar-refractivity contribution in [2.75, 3.05) is 40.3 Å². The maximum atomic E-state index is 12.9. The number of hydrogen-bond donors (Lipinski definition) is 1. The van der Waals surface area contributed by atoms with E-state index in [0.717, 1.165) is 32.1 Å². The van der Waals surface area contributed by atoms with E-state index in [0.29, 0.717) is 0 Å². The molecule has 29 heavy (non-hydrogen) atoms. The van der Waals surface area contributed by atoms with E-state index in [9.17, 15) is 21.6 Å². The van der Waals surface area contributed by atoms with Crippen LogP contribution in [0.15, 0.2) is 21.6 Å². The molecule has 10 nitrogen and oxygen atoms in total. The monoisotopic (exact) mass is 448 g/mol. The summed E-state index contributed by atoms with van der Waals surface area (Å²) in [7, 11) is -4.46. The zero-order chi connectivity index (χ0) is 21.2. The van der Waals surface area contributed by atoms with Crippen LogP contribution in [0.1, 0.15) is 42.7 Å². The van der Waals surface area contributed by atoms with Gasteiger partial charge in [-0.25, -0.2) is 13.1 Å². The summed E-state index contributed by atoms with van der Waals surface area (Å²) in [6.45, 7) is 0.803. The van der Waals surface area contributed by atoms with Gasteiger partial charge in [0.25, 0.3) is 26.1 Å². The van der Waals surface area contributed by atoms with Crippen LogP contribution in [0.4, 0.5) is 0 Å². The fourth-order valence-electron chi connectivity index (χ4n) is 3.77. The van der Waals surface area contributed by atoms with Gasteiger partial charge >= 0.3 is 0 Å². The molecule has 0 radical (unpaired) electrons. The number of rotatable bonds is 6. The van der Waals surface area contributed by atoms with Gasteiger partial charge in [0.05, 0.1) is 0 Å². The number of furan rings is 1. The second-order valence-electron chi connectivity index (χ2n) is 7.33. The highest BCUT2D eigenvalue weighted by atomic mass is 32.2. The van der Waals surface area contributed by atoms with Crippen molar-refractivity contribution in [2.24, 2.45) is 0 Å². The van der Waals surface area contributed by atoms with Gasteiger partial charge in [-0.05, 0) is 32.0 Å². The molecule has 2 aliphatic rings. The number of amides is 1. The standard InChI is InChI=1S/C17H28N4O6S2/c1-18-28(23,24)16-9-8-15(27-16)17(22)20-10-12-21(13-11-20)29(25,26)19(2)14-6-4-3-5-7-14/h8-9,14,18H,3-7,10-13H2,1-2H3. The molecule has 12 heteroatoms.